The summed E-state index contributed by atoms with van der Waals surface area (Å²) in [5.41, 5.74) is 0.322. The zero-order valence-electron chi connectivity index (χ0n) is 8.64. The molecule has 0 aromatic carbocycles. The van der Waals surface area contributed by atoms with Gasteiger partial charge in [-0.05, 0) is 18.4 Å². The van der Waals surface area contributed by atoms with E-state index in [1.54, 1.807) is 0 Å². The topological polar surface area (TPSA) is 30.7 Å². The molecule has 0 spiro atoms. The lowest BCUT2D eigenvalue weighted by Crippen LogP contribution is -2.29. The van der Waals surface area contributed by atoms with Crippen LogP contribution in [0.15, 0.2) is 12.4 Å². The summed E-state index contributed by atoms with van der Waals surface area (Å²) in [5.74, 6) is 2.46. The minimum atomic E-state index is 0.322. The summed E-state index contributed by atoms with van der Waals surface area (Å²) in [6.45, 7) is 4.60. The molecule has 3 nitrogen and oxygen atoms in total. The van der Waals surface area contributed by atoms with Crippen LogP contribution in [0.4, 0.5) is 0 Å². The fraction of sp³-hybridized carbons (Fsp3) is 0.636. The van der Waals surface area contributed by atoms with Crippen LogP contribution in [0.3, 0.4) is 0 Å². The Bertz CT molecular complexity index is 393. The van der Waals surface area contributed by atoms with Gasteiger partial charge in [0.15, 0.2) is 5.82 Å². The van der Waals surface area contributed by atoms with Crippen LogP contribution >= 0.6 is 0 Å². The van der Waals surface area contributed by atoms with Crippen LogP contribution in [0.25, 0.3) is 6.08 Å². The number of allylic oxidation sites excluding steroid dienone is 1. The molecule has 0 N–H and O–H groups in total. The Hall–Kier alpha value is -1.12. The molecule has 14 heavy (non-hydrogen) atoms. The van der Waals surface area contributed by atoms with Gasteiger partial charge in [-0.25, -0.2) is 0 Å². The molecule has 0 bridgehead atoms. The van der Waals surface area contributed by atoms with E-state index in [0.717, 1.165) is 11.7 Å². The lowest BCUT2D eigenvalue weighted by molar-refractivity contribution is 0.296. The molecule has 3 heteroatoms. The first-order valence-electron chi connectivity index (χ1n) is 5.37. The smallest absolute Gasteiger partial charge is 0.156 e. The van der Waals surface area contributed by atoms with Crippen LogP contribution in [0, 0.1) is 11.8 Å². The molecule has 0 saturated heterocycles. The zero-order valence-corrected chi connectivity index (χ0v) is 8.64. The molecule has 1 fully saturated rings. The van der Waals surface area contributed by atoms with Gasteiger partial charge in [0.25, 0.3) is 0 Å². The molecule has 0 radical (unpaired) electrons. The van der Waals surface area contributed by atoms with E-state index in [9.17, 15) is 0 Å². The highest BCUT2D eigenvalue weighted by Gasteiger charge is 2.59. The van der Waals surface area contributed by atoms with Crippen molar-refractivity contribution in [2.24, 2.45) is 11.8 Å². The van der Waals surface area contributed by atoms with Crippen molar-refractivity contribution in [1.82, 2.24) is 14.8 Å². The van der Waals surface area contributed by atoms with E-state index in [4.69, 9.17) is 0 Å². The molecule has 1 aliphatic carbocycles. The van der Waals surface area contributed by atoms with Gasteiger partial charge in [-0.2, -0.15) is 0 Å². The predicted molar refractivity (Wildman–Crippen MR) is 54.6 cm³/mol. The van der Waals surface area contributed by atoms with Gasteiger partial charge in [0, 0.05) is 5.92 Å². The molecular weight excluding hydrogens is 174 g/mol. The third-order valence-corrected chi connectivity index (χ3v) is 3.99. The Labute approximate surface area is 83.8 Å². The van der Waals surface area contributed by atoms with Crippen molar-refractivity contribution in [3.8, 4) is 0 Å². The molecule has 1 aromatic rings. The second-order valence-corrected chi connectivity index (χ2v) is 4.53. The molecular formula is C11H15N3. The SMILES string of the molecule is CCC(C)C12CC1C=Cc1nncn12. The van der Waals surface area contributed by atoms with Crippen LogP contribution < -0.4 is 0 Å². The van der Waals surface area contributed by atoms with Gasteiger partial charge in [0.2, 0.25) is 0 Å². The Morgan fingerprint density at radius 1 is 1.71 bits per heavy atom. The average molecular weight is 189 g/mol. The van der Waals surface area contributed by atoms with E-state index in [2.05, 4.69) is 40.8 Å². The maximum atomic E-state index is 4.12. The summed E-state index contributed by atoms with van der Waals surface area (Å²) >= 11 is 0. The normalized spacial score (nSPS) is 34.9. The third-order valence-electron chi connectivity index (χ3n) is 3.99. The number of hydrogen-bond donors (Lipinski definition) is 0. The summed E-state index contributed by atoms with van der Waals surface area (Å²) in [6, 6.07) is 0. The lowest BCUT2D eigenvalue weighted by Gasteiger charge is -2.27. The highest BCUT2D eigenvalue weighted by molar-refractivity contribution is 5.48. The van der Waals surface area contributed by atoms with Crippen LogP contribution in [0.1, 0.15) is 32.5 Å². The maximum Gasteiger partial charge on any atom is 0.156 e. The fourth-order valence-electron chi connectivity index (χ4n) is 2.84. The molecule has 0 amide bonds. The highest BCUT2D eigenvalue weighted by atomic mass is 15.3. The molecule has 1 aromatic heterocycles. The van der Waals surface area contributed by atoms with Crippen molar-refractivity contribution >= 4 is 6.08 Å². The average Bonchev–Trinajstić information content (AvgIpc) is 2.78. The van der Waals surface area contributed by atoms with E-state index in [-0.39, 0.29) is 0 Å². The quantitative estimate of drug-likeness (QED) is 0.713. The fourth-order valence-corrected chi connectivity index (χ4v) is 2.84. The van der Waals surface area contributed by atoms with Crippen LogP contribution in [0.5, 0.6) is 0 Å². The summed E-state index contributed by atoms with van der Waals surface area (Å²) in [4.78, 5) is 0. The van der Waals surface area contributed by atoms with E-state index in [1.807, 2.05) is 6.33 Å². The van der Waals surface area contributed by atoms with Crippen molar-refractivity contribution in [3.63, 3.8) is 0 Å². The second kappa shape index (κ2) is 2.47. The van der Waals surface area contributed by atoms with Crippen LogP contribution in [-0.4, -0.2) is 14.8 Å². The Morgan fingerprint density at radius 3 is 3.36 bits per heavy atom. The number of fused-ring (bicyclic) bond motifs is 3. The maximum absolute atomic E-state index is 4.12. The molecule has 3 atom stereocenters. The summed E-state index contributed by atoms with van der Waals surface area (Å²) in [6.07, 6.45) is 8.79. The van der Waals surface area contributed by atoms with Gasteiger partial charge >= 0.3 is 0 Å². The van der Waals surface area contributed by atoms with Gasteiger partial charge in [0.1, 0.15) is 6.33 Å². The van der Waals surface area contributed by atoms with E-state index >= 15 is 0 Å². The summed E-state index contributed by atoms with van der Waals surface area (Å²) < 4.78 is 2.28. The van der Waals surface area contributed by atoms with Gasteiger partial charge in [-0.1, -0.05) is 26.3 Å². The number of rotatable bonds is 2. The zero-order chi connectivity index (χ0) is 9.76. The van der Waals surface area contributed by atoms with E-state index in [0.29, 0.717) is 11.5 Å². The molecule has 74 valence electrons. The van der Waals surface area contributed by atoms with Gasteiger partial charge < -0.3 is 4.57 Å². The van der Waals surface area contributed by atoms with Gasteiger partial charge in [-0.3, -0.25) is 0 Å². The lowest BCUT2D eigenvalue weighted by atomic mass is 9.92. The number of nitrogens with zero attached hydrogens (tertiary/aromatic N) is 3. The number of hydrogen-bond acceptors (Lipinski definition) is 2. The van der Waals surface area contributed by atoms with Crippen LogP contribution in [0.2, 0.25) is 0 Å². The summed E-state index contributed by atoms with van der Waals surface area (Å²) in [7, 11) is 0. The first kappa shape index (κ1) is 8.21. The van der Waals surface area contributed by atoms with Crippen molar-refractivity contribution in [1.29, 1.82) is 0 Å². The first-order valence-corrected chi connectivity index (χ1v) is 5.37. The standard InChI is InChI=1S/C11H15N3/c1-3-8(2)11-6-9(11)4-5-10-13-12-7-14(10)11/h4-5,7-9H,3,6H2,1-2H3. The minimum Gasteiger partial charge on any atom is -0.307 e. The Morgan fingerprint density at radius 2 is 2.57 bits per heavy atom. The van der Waals surface area contributed by atoms with E-state index < -0.39 is 0 Å². The monoisotopic (exact) mass is 189 g/mol. The minimum absolute atomic E-state index is 0.322. The molecule has 3 rings (SSSR count). The molecule has 2 aliphatic rings. The number of aromatic nitrogens is 3. The molecule has 2 heterocycles. The third kappa shape index (κ3) is 0.781. The van der Waals surface area contributed by atoms with Crippen molar-refractivity contribution in [2.45, 2.75) is 32.2 Å². The van der Waals surface area contributed by atoms with Gasteiger partial charge in [-0.15, -0.1) is 10.2 Å². The predicted octanol–water partition coefficient (Wildman–Crippen LogP) is 2.07. The first-order chi connectivity index (χ1) is 6.79. The molecule has 1 saturated carbocycles. The summed E-state index contributed by atoms with van der Waals surface area (Å²) in [5, 5.41) is 8.13. The van der Waals surface area contributed by atoms with Crippen LogP contribution in [-0.2, 0) is 5.54 Å². The highest BCUT2D eigenvalue weighted by Crippen LogP contribution is 2.59. The molecule has 3 unspecified atom stereocenters. The second-order valence-electron chi connectivity index (χ2n) is 4.53. The van der Waals surface area contributed by atoms with Crippen molar-refractivity contribution in [2.75, 3.05) is 0 Å². The Balaban J connectivity index is 2.10. The van der Waals surface area contributed by atoms with E-state index in [1.165, 1.54) is 12.8 Å². The molecule has 1 aliphatic heterocycles. The van der Waals surface area contributed by atoms with Crippen molar-refractivity contribution < 1.29 is 0 Å². The van der Waals surface area contributed by atoms with Crippen molar-refractivity contribution in [3.05, 3.63) is 18.2 Å². The largest absolute Gasteiger partial charge is 0.307 e. The Kier molecular flexibility index (Phi) is 1.45. The van der Waals surface area contributed by atoms with Gasteiger partial charge in [0.05, 0.1) is 5.54 Å².